The van der Waals surface area contributed by atoms with Gasteiger partial charge in [-0.05, 0) is 47.5 Å². The molecular weight excluding hydrogens is 656 g/mol. The van der Waals surface area contributed by atoms with Gasteiger partial charge in [0.2, 0.25) is 5.79 Å². The maximum absolute atomic E-state index is 13.0. The van der Waals surface area contributed by atoms with E-state index in [9.17, 15) is 50.4 Å². The van der Waals surface area contributed by atoms with Gasteiger partial charge in [-0.2, -0.15) is 0 Å². The summed E-state index contributed by atoms with van der Waals surface area (Å²) in [5, 5.41) is 81.8. The minimum Gasteiger partial charge on any atom is -0.504 e. The van der Waals surface area contributed by atoms with Crippen LogP contribution in [0.15, 0.2) is 48.6 Å². The Bertz CT molecular complexity index is 1510. The quantitative estimate of drug-likeness (QED) is 0.0882. The third-order valence-electron chi connectivity index (χ3n) is 7.72. The van der Waals surface area contributed by atoms with Crippen LogP contribution in [0.4, 0.5) is 0 Å². The van der Waals surface area contributed by atoms with E-state index in [-0.39, 0.29) is 23.0 Å². The second-order valence-corrected chi connectivity index (χ2v) is 10.9. The highest BCUT2D eigenvalue weighted by atomic mass is 16.8. The minimum atomic E-state index is -2.51. The molecule has 17 heteroatoms. The van der Waals surface area contributed by atoms with Crippen LogP contribution in [0.1, 0.15) is 11.1 Å². The summed E-state index contributed by atoms with van der Waals surface area (Å²) in [6.45, 7) is -2.63. The zero-order valence-electron chi connectivity index (χ0n) is 26.3. The zero-order valence-corrected chi connectivity index (χ0v) is 26.3. The van der Waals surface area contributed by atoms with Crippen LogP contribution in [0.2, 0.25) is 0 Å². The molecule has 8 N–H and O–H groups in total. The van der Waals surface area contributed by atoms with E-state index in [1.807, 2.05) is 0 Å². The molecule has 4 rings (SSSR count). The third-order valence-corrected chi connectivity index (χ3v) is 7.72. The number of phenols is 2. The number of esters is 2. The lowest BCUT2D eigenvalue weighted by Gasteiger charge is -2.43. The molecule has 0 radical (unpaired) electrons. The van der Waals surface area contributed by atoms with Crippen molar-refractivity contribution in [3.63, 3.8) is 0 Å². The largest absolute Gasteiger partial charge is 0.504 e. The number of methoxy groups -OCH3 is 2. The van der Waals surface area contributed by atoms with E-state index in [1.165, 1.54) is 62.8 Å². The topological polar surface area (TPSA) is 261 Å². The van der Waals surface area contributed by atoms with Gasteiger partial charge >= 0.3 is 11.9 Å². The van der Waals surface area contributed by atoms with Crippen LogP contribution in [0.25, 0.3) is 12.2 Å². The summed E-state index contributed by atoms with van der Waals surface area (Å²) in [6.07, 6.45) is -9.51. The maximum atomic E-state index is 13.0. The Kier molecular flexibility index (Phi) is 12.6. The lowest BCUT2D eigenvalue weighted by Crippen LogP contribution is -2.63. The molecule has 17 nitrogen and oxygen atoms in total. The second kappa shape index (κ2) is 16.4. The van der Waals surface area contributed by atoms with Crippen LogP contribution >= 0.6 is 0 Å². The van der Waals surface area contributed by atoms with Crippen LogP contribution in [0.5, 0.6) is 23.0 Å². The first-order valence-corrected chi connectivity index (χ1v) is 14.8. The molecule has 0 unspecified atom stereocenters. The van der Waals surface area contributed by atoms with Crippen LogP contribution in [0.3, 0.4) is 0 Å². The summed E-state index contributed by atoms with van der Waals surface area (Å²) in [7, 11) is 2.69. The summed E-state index contributed by atoms with van der Waals surface area (Å²) >= 11 is 0. The summed E-state index contributed by atoms with van der Waals surface area (Å²) < 4.78 is 37.5. The molecule has 2 heterocycles. The molecule has 0 spiro atoms. The van der Waals surface area contributed by atoms with Gasteiger partial charge in [0.1, 0.15) is 49.8 Å². The number of hydrogen-bond donors (Lipinski definition) is 8. The second-order valence-electron chi connectivity index (χ2n) is 10.9. The first kappa shape index (κ1) is 37.5. The smallest absolute Gasteiger partial charge is 0.331 e. The van der Waals surface area contributed by atoms with Crippen LogP contribution in [-0.2, 0) is 33.3 Å². The first-order valence-electron chi connectivity index (χ1n) is 14.8. The van der Waals surface area contributed by atoms with Crippen molar-refractivity contribution < 1.29 is 83.6 Å². The molecule has 2 aliphatic heterocycles. The summed E-state index contributed by atoms with van der Waals surface area (Å²) in [6, 6.07) is 8.53. The van der Waals surface area contributed by atoms with Crippen molar-refractivity contribution >= 4 is 24.1 Å². The van der Waals surface area contributed by atoms with Gasteiger partial charge in [0.15, 0.2) is 35.4 Å². The lowest BCUT2D eigenvalue weighted by molar-refractivity contribution is -0.383. The number of aromatic hydroxyl groups is 2. The van der Waals surface area contributed by atoms with Gasteiger partial charge in [-0.1, -0.05) is 12.1 Å². The fraction of sp³-hybridized carbons (Fsp3) is 0.438. The molecule has 0 aliphatic carbocycles. The van der Waals surface area contributed by atoms with E-state index < -0.39 is 86.6 Å². The minimum absolute atomic E-state index is 0.112. The molecule has 2 aromatic carbocycles. The number of aliphatic hydroxyl groups is 6. The summed E-state index contributed by atoms with van der Waals surface area (Å²) in [4.78, 5) is 25.5. The molecular formula is C32H38O17. The number of hydrogen-bond acceptors (Lipinski definition) is 17. The average molecular weight is 695 g/mol. The van der Waals surface area contributed by atoms with E-state index in [0.717, 1.165) is 12.2 Å². The standard InChI is InChI=1S/C32H38O17/c1-43-20-11-16(3-7-18(20)35)5-9-24(37)45-14-23-27(40)30(47-25(38)10-6-17-4-8-19(36)21(12-17)44-2)32(15-34,48-23)49-31-29(42)28(41)26(39)22(13-33)46-31/h3-12,22-23,26-31,33-36,39-42H,13-15H2,1-2H3/t22-,23+,26-,27-,28+,29-,30+,31+,32+/m1/s1. The molecule has 2 fully saturated rings. The molecule has 0 amide bonds. The normalized spacial score (nSPS) is 30.0. The van der Waals surface area contributed by atoms with Crippen molar-refractivity contribution in [1.82, 2.24) is 0 Å². The lowest BCUT2D eigenvalue weighted by atomic mass is 9.99. The van der Waals surface area contributed by atoms with Crippen molar-refractivity contribution in [2.75, 3.05) is 34.0 Å². The Hall–Kier alpha value is -4.30. The fourth-order valence-electron chi connectivity index (χ4n) is 5.06. The van der Waals surface area contributed by atoms with Gasteiger partial charge in [-0.15, -0.1) is 0 Å². The number of benzene rings is 2. The number of rotatable bonds is 13. The molecule has 9 atom stereocenters. The number of phenolic OH excluding ortho intramolecular Hbond substituents is 2. The van der Waals surface area contributed by atoms with E-state index in [4.69, 9.17) is 33.2 Å². The molecule has 49 heavy (non-hydrogen) atoms. The number of ether oxygens (including phenoxy) is 7. The number of carbonyl (C=O) groups excluding carboxylic acids is 2. The van der Waals surface area contributed by atoms with E-state index >= 15 is 0 Å². The Morgan fingerprint density at radius 1 is 0.796 bits per heavy atom. The van der Waals surface area contributed by atoms with Crippen molar-refractivity contribution in [1.29, 1.82) is 0 Å². The fourth-order valence-corrected chi connectivity index (χ4v) is 5.06. The predicted molar refractivity (Wildman–Crippen MR) is 164 cm³/mol. The highest BCUT2D eigenvalue weighted by Gasteiger charge is 2.61. The molecule has 2 saturated heterocycles. The summed E-state index contributed by atoms with van der Waals surface area (Å²) in [5.41, 5.74) is 0.881. The highest BCUT2D eigenvalue weighted by molar-refractivity contribution is 5.88. The Labute approximate surface area is 279 Å². The van der Waals surface area contributed by atoms with Crippen molar-refractivity contribution in [3.8, 4) is 23.0 Å². The van der Waals surface area contributed by atoms with Crippen LogP contribution in [-0.4, -0.2) is 142 Å². The van der Waals surface area contributed by atoms with Crippen molar-refractivity contribution in [2.45, 2.75) is 54.8 Å². The van der Waals surface area contributed by atoms with Crippen molar-refractivity contribution in [3.05, 3.63) is 59.7 Å². The van der Waals surface area contributed by atoms with Gasteiger partial charge in [-0.25, -0.2) is 9.59 Å². The molecule has 2 aromatic rings. The van der Waals surface area contributed by atoms with Gasteiger partial charge in [-0.3, -0.25) is 0 Å². The Morgan fingerprint density at radius 3 is 1.90 bits per heavy atom. The molecule has 0 saturated carbocycles. The third kappa shape index (κ3) is 8.66. The molecule has 0 bridgehead atoms. The molecule has 2 aliphatic rings. The Morgan fingerprint density at radius 2 is 1.37 bits per heavy atom. The number of aliphatic hydroxyl groups excluding tert-OH is 6. The van der Waals surface area contributed by atoms with Gasteiger partial charge in [0, 0.05) is 12.2 Å². The zero-order chi connectivity index (χ0) is 35.9. The summed E-state index contributed by atoms with van der Waals surface area (Å²) in [5.74, 6) is -4.46. The monoisotopic (exact) mass is 694 g/mol. The number of carbonyl (C=O) groups is 2. The van der Waals surface area contributed by atoms with Crippen molar-refractivity contribution in [2.24, 2.45) is 0 Å². The van der Waals surface area contributed by atoms with Gasteiger partial charge in [0.05, 0.1) is 20.8 Å². The van der Waals surface area contributed by atoms with E-state index in [1.54, 1.807) is 0 Å². The molecule has 268 valence electrons. The average Bonchev–Trinajstić information content (AvgIpc) is 3.36. The van der Waals surface area contributed by atoms with E-state index in [0.29, 0.717) is 11.1 Å². The van der Waals surface area contributed by atoms with Crippen LogP contribution < -0.4 is 9.47 Å². The highest BCUT2D eigenvalue weighted by Crippen LogP contribution is 2.38. The first-order chi connectivity index (χ1) is 23.4. The SMILES string of the molecule is COc1cc(C=CC(=O)OC[C@@H]2O[C@@](CO)(O[C@@H]3O[C@H](CO)[C@@H](O)[C@H](O)[C@H]3O)[C@@H](OC(=O)C=Cc3ccc(O)c(OC)c3)[C@@H]2O)ccc1O. The maximum Gasteiger partial charge on any atom is 0.331 e. The molecule has 0 aromatic heterocycles. The van der Waals surface area contributed by atoms with Crippen LogP contribution in [0, 0.1) is 0 Å². The Balaban J connectivity index is 1.54. The van der Waals surface area contributed by atoms with Gasteiger partial charge in [0.25, 0.3) is 0 Å². The van der Waals surface area contributed by atoms with E-state index in [2.05, 4.69) is 0 Å². The predicted octanol–water partition coefficient (Wildman–Crippen LogP) is -1.44. The van der Waals surface area contributed by atoms with Gasteiger partial charge < -0.3 is 74.0 Å².